The zero-order valence-corrected chi connectivity index (χ0v) is 23.7. The first kappa shape index (κ1) is 29.4. The van der Waals surface area contributed by atoms with Crippen molar-refractivity contribution in [1.82, 2.24) is 0 Å². The van der Waals surface area contributed by atoms with Crippen LogP contribution in [0.15, 0.2) is 30.3 Å². The first-order valence-corrected chi connectivity index (χ1v) is 14.8. The molecule has 10 heteroatoms. The number of ether oxygens (including phenoxy) is 1. The maximum Gasteiger partial charge on any atom is 0.516 e. The van der Waals surface area contributed by atoms with E-state index >= 15 is 0 Å². The van der Waals surface area contributed by atoms with Gasteiger partial charge in [-0.2, -0.15) is 21.6 Å². The number of nitrogens with zero attached hydrogens (tertiary/aromatic N) is 1. The Balaban J connectivity index is 1.80. The van der Waals surface area contributed by atoms with Crippen LogP contribution in [0.25, 0.3) is 11.1 Å². The van der Waals surface area contributed by atoms with Crippen LogP contribution in [0, 0.1) is 31.6 Å². The van der Waals surface area contributed by atoms with E-state index in [9.17, 15) is 31.5 Å². The first-order chi connectivity index (χ1) is 18.1. The molecule has 4 rings (SSSR count). The minimum atomic E-state index is -5.62. The molecule has 0 saturated heterocycles. The van der Waals surface area contributed by atoms with Gasteiger partial charge in [0.15, 0.2) is 6.10 Å². The maximum atomic E-state index is 13.5. The maximum absolute atomic E-state index is 13.5. The van der Waals surface area contributed by atoms with Crippen LogP contribution >= 0.6 is 0 Å². The van der Waals surface area contributed by atoms with Crippen molar-refractivity contribution >= 4 is 21.7 Å². The van der Waals surface area contributed by atoms with Gasteiger partial charge in [0.1, 0.15) is 6.10 Å². The summed E-state index contributed by atoms with van der Waals surface area (Å²) in [5.41, 5.74) is -2.81. The predicted octanol–water partition coefficient (Wildman–Crippen LogP) is 6.22. The van der Waals surface area contributed by atoms with E-state index in [1.807, 2.05) is 19.1 Å². The summed E-state index contributed by atoms with van der Waals surface area (Å²) in [6.45, 7) is 9.31. The fourth-order valence-electron chi connectivity index (χ4n) is 6.03. The SMILES string of the molecule is Cc1ccc(-c2c3c(cc(C)c2[C@H](O)C(=O)O[C@@H]2C[C@H](C)CC[C@H]2C(C)C)N(S(=O)(=O)C(F)(F)F)CC3)cc1. The summed E-state index contributed by atoms with van der Waals surface area (Å²) in [5.74, 6) is 0.0188. The van der Waals surface area contributed by atoms with E-state index in [1.165, 1.54) is 6.07 Å². The quantitative estimate of drug-likeness (QED) is 0.419. The molecule has 1 N–H and O–H groups in total. The van der Waals surface area contributed by atoms with Gasteiger partial charge in [-0.25, -0.2) is 4.79 Å². The lowest BCUT2D eigenvalue weighted by molar-refractivity contribution is -0.166. The number of aliphatic hydroxyl groups is 1. The number of aryl methyl sites for hydroxylation is 2. The highest BCUT2D eigenvalue weighted by Crippen LogP contribution is 2.46. The molecule has 2 aromatic carbocycles. The fraction of sp³-hybridized carbons (Fsp3) is 0.552. The largest absolute Gasteiger partial charge is 0.516 e. The lowest BCUT2D eigenvalue weighted by Crippen LogP contribution is -2.39. The molecule has 214 valence electrons. The third-order valence-corrected chi connectivity index (χ3v) is 9.68. The summed E-state index contributed by atoms with van der Waals surface area (Å²) in [6.07, 6.45) is 0.616. The number of aliphatic hydroxyl groups excluding tert-OH is 1. The van der Waals surface area contributed by atoms with E-state index in [2.05, 4.69) is 20.8 Å². The number of hydrogen-bond acceptors (Lipinski definition) is 5. The lowest BCUT2D eigenvalue weighted by Gasteiger charge is -2.37. The molecule has 1 saturated carbocycles. The smallest absolute Gasteiger partial charge is 0.460 e. The number of hydrogen-bond donors (Lipinski definition) is 1. The van der Waals surface area contributed by atoms with Crippen LogP contribution in [0.1, 0.15) is 68.4 Å². The molecule has 1 heterocycles. The monoisotopic (exact) mass is 567 g/mol. The Bertz CT molecular complexity index is 1340. The van der Waals surface area contributed by atoms with Crippen LogP contribution in [-0.4, -0.2) is 37.7 Å². The number of alkyl halides is 3. The molecule has 1 fully saturated rings. The Morgan fingerprint density at radius 2 is 1.77 bits per heavy atom. The number of rotatable bonds is 6. The van der Waals surface area contributed by atoms with Crippen molar-refractivity contribution in [2.75, 3.05) is 10.8 Å². The minimum absolute atomic E-state index is 0.00152. The van der Waals surface area contributed by atoms with E-state index in [0.29, 0.717) is 44.8 Å². The zero-order chi connectivity index (χ0) is 28.9. The highest BCUT2D eigenvalue weighted by Gasteiger charge is 2.52. The van der Waals surface area contributed by atoms with Crippen molar-refractivity contribution in [2.45, 2.75) is 78.0 Å². The Morgan fingerprint density at radius 1 is 1.13 bits per heavy atom. The molecule has 0 unspecified atom stereocenters. The topological polar surface area (TPSA) is 83.9 Å². The van der Waals surface area contributed by atoms with Gasteiger partial charge in [0, 0.05) is 12.1 Å². The van der Waals surface area contributed by atoms with Gasteiger partial charge in [-0.05, 0) is 79.2 Å². The van der Waals surface area contributed by atoms with Crippen molar-refractivity contribution in [1.29, 1.82) is 0 Å². The van der Waals surface area contributed by atoms with Crippen molar-refractivity contribution in [2.24, 2.45) is 17.8 Å². The normalized spacial score (nSPS) is 22.6. The first-order valence-electron chi connectivity index (χ1n) is 13.3. The number of carbonyl (C=O) groups is 1. The zero-order valence-electron chi connectivity index (χ0n) is 22.9. The fourth-order valence-corrected chi connectivity index (χ4v) is 7.03. The van der Waals surface area contributed by atoms with Crippen LogP contribution in [0.5, 0.6) is 0 Å². The number of anilines is 1. The summed E-state index contributed by atoms with van der Waals surface area (Å²) >= 11 is 0. The van der Waals surface area contributed by atoms with E-state index in [4.69, 9.17) is 4.74 Å². The third kappa shape index (κ3) is 5.55. The summed E-state index contributed by atoms with van der Waals surface area (Å²) < 4.78 is 71.4. The average molecular weight is 568 g/mol. The van der Waals surface area contributed by atoms with Crippen LogP contribution in [0.2, 0.25) is 0 Å². The van der Waals surface area contributed by atoms with Crippen molar-refractivity contribution in [3.05, 3.63) is 52.6 Å². The number of benzene rings is 2. The Morgan fingerprint density at radius 3 is 2.36 bits per heavy atom. The third-order valence-electron chi connectivity index (χ3n) is 8.14. The molecule has 0 amide bonds. The summed E-state index contributed by atoms with van der Waals surface area (Å²) in [7, 11) is -5.62. The molecular formula is C29H36F3NO5S. The van der Waals surface area contributed by atoms with Crippen LogP contribution in [0.3, 0.4) is 0 Å². The molecule has 0 radical (unpaired) electrons. The molecule has 39 heavy (non-hydrogen) atoms. The van der Waals surface area contributed by atoms with Crippen molar-refractivity contribution < 1.29 is 36.2 Å². The minimum Gasteiger partial charge on any atom is -0.460 e. The van der Waals surface area contributed by atoms with E-state index in [0.717, 1.165) is 18.4 Å². The van der Waals surface area contributed by atoms with Gasteiger partial charge in [0.05, 0.1) is 5.69 Å². The second kappa shape index (κ2) is 10.8. The van der Waals surface area contributed by atoms with Crippen molar-refractivity contribution in [3.8, 4) is 11.1 Å². The molecule has 2 aromatic rings. The Kier molecular flexibility index (Phi) is 8.11. The van der Waals surface area contributed by atoms with E-state index in [1.54, 1.807) is 19.1 Å². The van der Waals surface area contributed by atoms with Gasteiger partial charge < -0.3 is 9.84 Å². The highest BCUT2D eigenvalue weighted by atomic mass is 32.2. The molecular weight excluding hydrogens is 531 g/mol. The summed E-state index contributed by atoms with van der Waals surface area (Å²) in [5, 5.41) is 11.4. The highest BCUT2D eigenvalue weighted by molar-refractivity contribution is 7.93. The Labute approximate surface area is 228 Å². The summed E-state index contributed by atoms with van der Waals surface area (Å²) in [6, 6.07) is 8.45. The summed E-state index contributed by atoms with van der Waals surface area (Å²) in [4.78, 5) is 13.4. The molecule has 0 bridgehead atoms. The van der Waals surface area contributed by atoms with Gasteiger partial charge in [-0.1, -0.05) is 57.0 Å². The predicted molar refractivity (Wildman–Crippen MR) is 144 cm³/mol. The Hall–Kier alpha value is -2.59. The number of sulfonamides is 1. The van der Waals surface area contributed by atoms with Crippen LogP contribution < -0.4 is 4.31 Å². The molecule has 1 aliphatic heterocycles. The molecule has 4 atom stereocenters. The van der Waals surface area contributed by atoms with Crippen molar-refractivity contribution in [3.63, 3.8) is 0 Å². The average Bonchev–Trinajstić information content (AvgIpc) is 3.26. The standard InChI is InChI=1S/C29H36F3NO5S/c1-16(2)21-11-8-18(4)14-24(21)38-28(35)27(34)25-19(5)15-23-22(26(25)20-9-6-17(3)7-10-20)12-13-33(23)39(36,37)29(30,31)32/h6-7,9-10,15-16,18,21,24,27,34H,8,11-14H2,1-5H3/t18-,21+,24-,27+/m1/s1. The van der Waals surface area contributed by atoms with Gasteiger partial charge >= 0.3 is 21.5 Å². The van der Waals surface area contributed by atoms with Gasteiger partial charge in [0.25, 0.3) is 0 Å². The van der Waals surface area contributed by atoms with Crippen LogP contribution in [-0.2, 0) is 26.0 Å². The van der Waals surface area contributed by atoms with Gasteiger partial charge in [-0.3, -0.25) is 4.31 Å². The molecule has 0 spiro atoms. The van der Waals surface area contributed by atoms with Gasteiger partial charge in [0.2, 0.25) is 0 Å². The molecule has 6 nitrogen and oxygen atoms in total. The van der Waals surface area contributed by atoms with E-state index < -0.39 is 34.1 Å². The van der Waals surface area contributed by atoms with E-state index in [-0.39, 0.29) is 29.7 Å². The van der Waals surface area contributed by atoms with Crippen LogP contribution in [0.4, 0.5) is 18.9 Å². The lowest BCUT2D eigenvalue weighted by atomic mass is 9.75. The second-order valence-electron chi connectivity index (χ2n) is 11.3. The van der Waals surface area contributed by atoms with Gasteiger partial charge in [-0.15, -0.1) is 0 Å². The number of carbonyl (C=O) groups excluding carboxylic acids is 1. The number of fused-ring (bicyclic) bond motifs is 1. The number of halogens is 3. The molecule has 0 aromatic heterocycles. The molecule has 2 aliphatic rings. The number of esters is 1. The second-order valence-corrected chi connectivity index (χ2v) is 13.2. The molecule has 1 aliphatic carbocycles.